The number of hydrogen-bond donors (Lipinski definition) is 1. The van der Waals surface area contributed by atoms with Crippen LogP contribution in [0.15, 0.2) is 41.4 Å². The Labute approximate surface area is 143 Å². The second-order valence-corrected chi connectivity index (χ2v) is 7.76. The van der Waals surface area contributed by atoms with Crippen LogP contribution >= 0.6 is 11.6 Å². The third kappa shape index (κ3) is 3.31. The Morgan fingerprint density at radius 2 is 1.75 bits per heavy atom. The lowest BCUT2D eigenvalue weighted by Crippen LogP contribution is -2.50. The summed E-state index contributed by atoms with van der Waals surface area (Å²) in [5.74, 6) is -0.713. The molecule has 1 fully saturated rings. The number of rotatable bonds is 3. The van der Waals surface area contributed by atoms with Crippen molar-refractivity contribution in [1.29, 1.82) is 0 Å². The molecular formula is C15H15ClFN3O3S. The lowest BCUT2D eigenvalue weighted by Gasteiger charge is -2.33. The second-order valence-electron chi connectivity index (χ2n) is 5.38. The van der Waals surface area contributed by atoms with Gasteiger partial charge in [-0.15, -0.1) is 0 Å². The van der Waals surface area contributed by atoms with Crippen molar-refractivity contribution in [3.05, 3.63) is 53.1 Å². The minimum atomic E-state index is -3.69. The first-order valence-electron chi connectivity index (χ1n) is 7.27. The highest BCUT2D eigenvalue weighted by Crippen LogP contribution is 2.19. The molecule has 1 saturated heterocycles. The van der Waals surface area contributed by atoms with Crippen LogP contribution in [0.1, 0.15) is 10.5 Å². The van der Waals surface area contributed by atoms with E-state index in [-0.39, 0.29) is 37.0 Å². The summed E-state index contributed by atoms with van der Waals surface area (Å²) in [6.07, 6.45) is 1.52. The number of carbonyl (C=O) groups is 1. The third-order valence-electron chi connectivity index (χ3n) is 3.86. The molecule has 2 aromatic rings. The highest BCUT2D eigenvalue weighted by atomic mass is 35.5. The van der Waals surface area contributed by atoms with Crippen LogP contribution in [0, 0.1) is 5.82 Å². The molecule has 0 saturated carbocycles. The first-order chi connectivity index (χ1) is 11.4. The number of H-pyrrole nitrogens is 1. The molecular weight excluding hydrogens is 357 g/mol. The summed E-state index contributed by atoms with van der Waals surface area (Å²) in [5.41, 5.74) is 0.370. The van der Waals surface area contributed by atoms with Gasteiger partial charge < -0.3 is 9.88 Å². The molecule has 1 aliphatic heterocycles. The van der Waals surface area contributed by atoms with Crippen molar-refractivity contribution in [2.45, 2.75) is 4.90 Å². The van der Waals surface area contributed by atoms with E-state index in [0.29, 0.717) is 10.7 Å². The maximum atomic E-state index is 13.0. The Kier molecular flexibility index (Phi) is 4.62. The van der Waals surface area contributed by atoms with Gasteiger partial charge in [-0.2, -0.15) is 4.31 Å². The van der Waals surface area contributed by atoms with Crippen molar-refractivity contribution in [3.63, 3.8) is 0 Å². The van der Waals surface area contributed by atoms with E-state index in [4.69, 9.17) is 11.6 Å². The summed E-state index contributed by atoms with van der Waals surface area (Å²) in [4.78, 5) is 16.7. The van der Waals surface area contributed by atoms with Crippen molar-refractivity contribution in [1.82, 2.24) is 14.2 Å². The highest BCUT2D eigenvalue weighted by molar-refractivity contribution is 7.89. The topological polar surface area (TPSA) is 73.5 Å². The molecule has 0 atom stereocenters. The molecule has 128 valence electrons. The number of nitrogens with zero attached hydrogens (tertiary/aromatic N) is 2. The number of nitrogens with one attached hydrogen (secondary N) is 1. The summed E-state index contributed by atoms with van der Waals surface area (Å²) < 4.78 is 39.3. The zero-order valence-corrected chi connectivity index (χ0v) is 14.1. The van der Waals surface area contributed by atoms with E-state index >= 15 is 0 Å². The van der Waals surface area contributed by atoms with Gasteiger partial charge in [0.05, 0.1) is 9.92 Å². The number of hydrogen-bond acceptors (Lipinski definition) is 3. The summed E-state index contributed by atoms with van der Waals surface area (Å²) in [7, 11) is -3.69. The number of aromatic nitrogens is 1. The first-order valence-corrected chi connectivity index (χ1v) is 9.08. The smallest absolute Gasteiger partial charge is 0.270 e. The molecule has 3 rings (SSSR count). The van der Waals surface area contributed by atoms with E-state index in [1.165, 1.54) is 28.7 Å². The summed E-state index contributed by atoms with van der Waals surface area (Å²) in [6, 6.07) is 6.24. The van der Waals surface area contributed by atoms with Crippen LogP contribution in [-0.2, 0) is 10.0 Å². The van der Waals surface area contributed by atoms with Crippen LogP contribution in [0.5, 0.6) is 0 Å². The monoisotopic (exact) mass is 371 g/mol. The molecule has 1 N–H and O–H groups in total. The molecule has 1 amide bonds. The van der Waals surface area contributed by atoms with E-state index in [1.54, 1.807) is 4.90 Å². The zero-order valence-electron chi connectivity index (χ0n) is 12.6. The normalized spacial score (nSPS) is 16.3. The fourth-order valence-electron chi connectivity index (χ4n) is 2.55. The van der Waals surface area contributed by atoms with Crippen LogP contribution in [0.25, 0.3) is 0 Å². The quantitative estimate of drug-likeness (QED) is 0.896. The van der Waals surface area contributed by atoms with Gasteiger partial charge >= 0.3 is 0 Å². The number of amides is 1. The van der Waals surface area contributed by atoms with Gasteiger partial charge in [-0.1, -0.05) is 11.6 Å². The maximum absolute atomic E-state index is 13.0. The molecule has 1 aromatic heterocycles. The second kappa shape index (κ2) is 6.54. The lowest BCUT2D eigenvalue weighted by atomic mass is 10.3. The van der Waals surface area contributed by atoms with Gasteiger partial charge in [-0.3, -0.25) is 4.79 Å². The lowest BCUT2D eigenvalue weighted by molar-refractivity contribution is 0.0692. The molecule has 0 bridgehead atoms. The molecule has 0 radical (unpaired) electrons. The standard InChI is InChI=1S/C15H15ClFN3O3S/c16-11-9-14(18-10-11)15(21)19-5-7-20(8-6-19)24(22,23)13-3-1-12(17)2-4-13/h1-4,9-10,18H,5-8H2. The minimum absolute atomic E-state index is 0.0415. The highest BCUT2D eigenvalue weighted by Gasteiger charge is 2.30. The van der Waals surface area contributed by atoms with Crippen molar-refractivity contribution in [2.75, 3.05) is 26.2 Å². The van der Waals surface area contributed by atoms with Crippen molar-refractivity contribution >= 4 is 27.5 Å². The van der Waals surface area contributed by atoms with Gasteiger partial charge in [-0.25, -0.2) is 12.8 Å². The van der Waals surface area contributed by atoms with Gasteiger partial charge in [0.15, 0.2) is 0 Å². The number of sulfonamides is 1. The molecule has 0 aliphatic carbocycles. The Balaban J connectivity index is 1.68. The van der Waals surface area contributed by atoms with Gasteiger partial charge in [-0.05, 0) is 30.3 Å². The summed E-state index contributed by atoms with van der Waals surface area (Å²) >= 11 is 5.79. The van der Waals surface area contributed by atoms with Crippen LogP contribution in [0.4, 0.5) is 4.39 Å². The molecule has 1 aromatic carbocycles. The van der Waals surface area contributed by atoms with Gasteiger partial charge in [0.1, 0.15) is 11.5 Å². The zero-order chi connectivity index (χ0) is 17.3. The number of carbonyl (C=O) groups excluding carboxylic acids is 1. The summed E-state index contributed by atoms with van der Waals surface area (Å²) in [5, 5.41) is 0.441. The molecule has 0 unspecified atom stereocenters. The molecule has 1 aliphatic rings. The van der Waals surface area contributed by atoms with E-state index in [1.807, 2.05) is 0 Å². The van der Waals surface area contributed by atoms with Gasteiger partial charge in [0.25, 0.3) is 5.91 Å². The van der Waals surface area contributed by atoms with Crippen molar-refractivity contribution in [3.8, 4) is 0 Å². The largest absolute Gasteiger partial charge is 0.356 e. The summed E-state index contributed by atoms with van der Waals surface area (Å²) in [6.45, 7) is 0.908. The molecule has 6 nitrogen and oxygen atoms in total. The van der Waals surface area contributed by atoms with E-state index in [2.05, 4.69) is 4.98 Å². The van der Waals surface area contributed by atoms with E-state index < -0.39 is 15.8 Å². The van der Waals surface area contributed by atoms with Crippen LogP contribution < -0.4 is 0 Å². The van der Waals surface area contributed by atoms with Crippen molar-refractivity contribution in [2.24, 2.45) is 0 Å². The molecule has 0 spiro atoms. The Bertz CT molecular complexity index is 843. The molecule has 2 heterocycles. The Morgan fingerprint density at radius 3 is 2.29 bits per heavy atom. The minimum Gasteiger partial charge on any atom is -0.356 e. The number of piperazine rings is 1. The average molecular weight is 372 g/mol. The Morgan fingerprint density at radius 1 is 1.12 bits per heavy atom. The van der Waals surface area contributed by atoms with Crippen LogP contribution in [0.3, 0.4) is 0 Å². The molecule has 9 heteroatoms. The fourth-order valence-corrected chi connectivity index (χ4v) is 4.13. The van der Waals surface area contributed by atoms with Crippen LogP contribution in [-0.4, -0.2) is 54.7 Å². The number of halogens is 2. The van der Waals surface area contributed by atoms with Gasteiger partial charge in [0, 0.05) is 32.4 Å². The predicted octanol–water partition coefficient (Wildman–Crippen LogP) is 1.95. The maximum Gasteiger partial charge on any atom is 0.270 e. The SMILES string of the molecule is O=C(c1cc(Cl)c[nH]1)N1CCN(S(=O)(=O)c2ccc(F)cc2)CC1. The number of benzene rings is 1. The van der Waals surface area contributed by atoms with E-state index in [0.717, 1.165) is 12.1 Å². The Hall–Kier alpha value is -1.90. The van der Waals surface area contributed by atoms with E-state index in [9.17, 15) is 17.6 Å². The predicted molar refractivity (Wildman–Crippen MR) is 86.9 cm³/mol. The fraction of sp³-hybridized carbons (Fsp3) is 0.267. The van der Waals surface area contributed by atoms with Crippen LogP contribution in [0.2, 0.25) is 5.02 Å². The third-order valence-corrected chi connectivity index (χ3v) is 5.99. The number of aromatic amines is 1. The first kappa shape index (κ1) is 16.9. The van der Waals surface area contributed by atoms with Gasteiger partial charge in [0.2, 0.25) is 10.0 Å². The molecule has 24 heavy (non-hydrogen) atoms. The average Bonchev–Trinajstić information content (AvgIpc) is 3.01. The van der Waals surface area contributed by atoms with Crippen molar-refractivity contribution < 1.29 is 17.6 Å².